The van der Waals surface area contributed by atoms with E-state index in [1.54, 1.807) is 30.1 Å². The van der Waals surface area contributed by atoms with Crippen LogP contribution in [0.5, 0.6) is 0 Å². The van der Waals surface area contributed by atoms with Crippen molar-refractivity contribution < 1.29 is 9.90 Å². The molecule has 1 aliphatic rings. The largest absolute Gasteiger partial charge is 0.386 e. The Bertz CT molecular complexity index is 1190. The molecule has 0 bridgehead atoms. The lowest BCUT2D eigenvalue weighted by Crippen LogP contribution is -2.56. The van der Waals surface area contributed by atoms with Gasteiger partial charge in [-0.2, -0.15) is 0 Å². The van der Waals surface area contributed by atoms with Crippen LogP contribution in [0, 0.1) is 6.92 Å². The molecule has 3 aromatic rings. The quantitative estimate of drug-likeness (QED) is 0.628. The van der Waals surface area contributed by atoms with Gasteiger partial charge in [0.1, 0.15) is 5.60 Å². The maximum atomic E-state index is 12.7. The van der Waals surface area contributed by atoms with Crippen LogP contribution in [-0.4, -0.2) is 49.1 Å². The fourth-order valence-corrected chi connectivity index (χ4v) is 5.21. The molecule has 0 aliphatic carbocycles. The van der Waals surface area contributed by atoms with E-state index >= 15 is 0 Å². The second kappa shape index (κ2) is 8.39. The van der Waals surface area contributed by atoms with Gasteiger partial charge in [-0.3, -0.25) is 19.1 Å². The number of benzene rings is 1. The number of carbonyl (C=O) groups is 1. The number of nitrogens with one attached hydrogen (secondary N) is 1. The van der Waals surface area contributed by atoms with Gasteiger partial charge in [0.15, 0.2) is 0 Å². The smallest absolute Gasteiger partial charge is 0.328 e. The second-order valence-corrected chi connectivity index (χ2v) is 9.50. The fourth-order valence-electron chi connectivity index (χ4n) is 4.20. The zero-order valence-corrected chi connectivity index (χ0v) is 18.4. The van der Waals surface area contributed by atoms with Crippen molar-refractivity contribution in [3.05, 3.63) is 61.9 Å². The van der Waals surface area contributed by atoms with E-state index in [1.165, 1.54) is 10.8 Å². The van der Waals surface area contributed by atoms with E-state index in [9.17, 15) is 19.5 Å². The third kappa shape index (κ3) is 4.47. The molecule has 1 aliphatic heterocycles. The zero-order chi connectivity index (χ0) is 22.2. The number of amides is 1. The molecule has 0 spiro atoms. The predicted octanol–water partition coefficient (Wildman–Crippen LogP) is 2.00. The van der Waals surface area contributed by atoms with Gasteiger partial charge in [-0.1, -0.05) is 12.1 Å². The highest BCUT2D eigenvalue weighted by Crippen LogP contribution is 2.31. The number of likely N-dealkylation sites (tertiary alicyclic amines) is 1. The molecule has 1 aromatic carbocycles. The van der Waals surface area contributed by atoms with Crippen molar-refractivity contribution in [3.63, 3.8) is 0 Å². The van der Waals surface area contributed by atoms with Crippen molar-refractivity contribution in [1.29, 1.82) is 0 Å². The number of aliphatic hydroxyl groups is 1. The highest BCUT2D eigenvalue weighted by atomic mass is 32.1. The van der Waals surface area contributed by atoms with Gasteiger partial charge in [-0.05, 0) is 45.2 Å². The van der Waals surface area contributed by atoms with Crippen LogP contribution in [0.4, 0.5) is 0 Å². The Morgan fingerprint density at radius 1 is 1.35 bits per heavy atom. The lowest BCUT2D eigenvalue weighted by Gasteiger charge is -2.43. The number of nitrogens with zero attached hydrogens (tertiary/aromatic N) is 3. The van der Waals surface area contributed by atoms with Crippen LogP contribution >= 0.6 is 11.3 Å². The first-order chi connectivity index (χ1) is 14.7. The fraction of sp³-hybridized carbons (Fsp3) is 0.455. The number of carbonyl (C=O) groups excluding carboxylic acids is 1. The third-order valence-electron chi connectivity index (χ3n) is 5.86. The van der Waals surface area contributed by atoms with Gasteiger partial charge in [-0.15, -0.1) is 11.3 Å². The average molecular weight is 443 g/mol. The molecule has 2 aromatic heterocycles. The third-order valence-corrected chi connectivity index (χ3v) is 6.95. The maximum Gasteiger partial charge on any atom is 0.328 e. The minimum Gasteiger partial charge on any atom is -0.386 e. The SMILES string of the molecule is Cc1cn([C@H]2CCN(C(=O)CCCc3nc4ccccc4s3)C[C@]2(C)O)c(=O)[nH]c1=O. The Hall–Kier alpha value is -2.78. The Morgan fingerprint density at radius 3 is 2.87 bits per heavy atom. The molecular weight excluding hydrogens is 416 g/mol. The number of para-hydroxylation sites is 1. The summed E-state index contributed by atoms with van der Waals surface area (Å²) in [4.78, 5) is 45.2. The Kier molecular flexibility index (Phi) is 5.81. The number of thiazole rings is 1. The first kappa shape index (κ1) is 21.5. The average Bonchev–Trinajstić information content (AvgIpc) is 3.13. The number of H-pyrrole nitrogens is 1. The number of hydrogen-bond donors (Lipinski definition) is 2. The number of aromatic amines is 1. The lowest BCUT2D eigenvalue weighted by atomic mass is 9.88. The summed E-state index contributed by atoms with van der Waals surface area (Å²) in [5.41, 5.74) is -0.864. The summed E-state index contributed by atoms with van der Waals surface area (Å²) < 4.78 is 2.53. The molecule has 164 valence electrons. The molecule has 0 unspecified atom stereocenters. The summed E-state index contributed by atoms with van der Waals surface area (Å²) in [6.07, 6.45) is 3.73. The van der Waals surface area contributed by atoms with Crippen molar-refractivity contribution in [1.82, 2.24) is 19.4 Å². The van der Waals surface area contributed by atoms with Crippen LogP contribution in [0.1, 0.15) is 42.8 Å². The number of rotatable bonds is 5. The van der Waals surface area contributed by atoms with Gasteiger partial charge in [0.05, 0.1) is 27.8 Å². The van der Waals surface area contributed by atoms with Gasteiger partial charge in [0.25, 0.3) is 5.56 Å². The Morgan fingerprint density at radius 2 is 2.13 bits per heavy atom. The van der Waals surface area contributed by atoms with E-state index in [4.69, 9.17) is 0 Å². The molecule has 4 rings (SSSR count). The van der Waals surface area contributed by atoms with E-state index < -0.39 is 22.9 Å². The topological polar surface area (TPSA) is 108 Å². The van der Waals surface area contributed by atoms with Gasteiger partial charge >= 0.3 is 5.69 Å². The van der Waals surface area contributed by atoms with Crippen molar-refractivity contribution in [3.8, 4) is 0 Å². The van der Waals surface area contributed by atoms with E-state index in [0.717, 1.165) is 21.6 Å². The number of aromatic nitrogens is 3. The molecule has 0 saturated carbocycles. The van der Waals surface area contributed by atoms with Crippen molar-refractivity contribution in [2.24, 2.45) is 0 Å². The van der Waals surface area contributed by atoms with Gasteiger partial charge < -0.3 is 10.0 Å². The van der Waals surface area contributed by atoms with Gasteiger partial charge in [-0.25, -0.2) is 9.78 Å². The molecule has 1 fully saturated rings. The molecule has 3 heterocycles. The number of piperidine rings is 1. The molecule has 8 nitrogen and oxygen atoms in total. The summed E-state index contributed by atoms with van der Waals surface area (Å²) >= 11 is 1.65. The summed E-state index contributed by atoms with van der Waals surface area (Å²) in [7, 11) is 0. The van der Waals surface area contributed by atoms with Crippen LogP contribution in [0.15, 0.2) is 40.1 Å². The van der Waals surface area contributed by atoms with Gasteiger partial charge in [0, 0.05) is 24.7 Å². The van der Waals surface area contributed by atoms with Crippen LogP contribution in [-0.2, 0) is 11.2 Å². The van der Waals surface area contributed by atoms with E-state index in [0.29, 0.717) is 31.4 Å². The van der Waals surface area contributed by atoms with Crippen LogP contribution < -0.4 is 11.2 Å². The Labute approximate surface area is 183 Å². The first-order valence-electron chi connectivity index (χ1n) is 10.4. The summed E-state index contributed by atoms with van der Waals surface area (Å²) in [5, 5.41) is 12.0. The second-order valence-electron chi connectivity index (χ2n) is 8.38. The van der Waals surface area contributed by atoms with Crippen LogP contribution in [0.3, 0.4) is 0 Å². The minimum absolute atomic E-state index is 0.00941. The number of β-amino-alcohol motifs (C(OH)–C–C–N with tert-alkyl or cyclic N) is 1. The normalized spacial score (nSPS) is 21.5. The summed E-state index contributed by atoms with van der Waals surface area (Å²) in [5.74, 6) is -0.00941. The standard InChI is InChI=1S/C22H26N4O4S/c1-14-12-26(21(29)24-20(14)28)17-10-11-25(13-22(17,2)30)19(27)9-5-8-18-23-15-6-3-4-7-16(15)31-18/h3-4,6-7,12,17,30H,5,8-11,13H2,1-2H3,(H,24,28,29)/t17-,22-/m0/s1. The van der Waals surface area contributed by atoms with Crippen molar-refractivity contribution in [2.75, 3.05) is 13.1 Å². The molecule has 1 amide bonds. The van der Waals surface area contributed by atoms with Crippen molar-refractivity contribution in [2.45, 2.75) is 51.2 Å². The first-order valence-corrected chi connectivity index (χ1v) is 11.2. The number of fused-ring (bicyclic) bond motifs is 1. The van der Waals surface area contributed by atoms with E-state index in [-0.39, 0.29) is 12.5 Å². The highest BCUT2D eigenvalue weighted by molar-refractivity contribution is 7.18. The molecule has 31 heavy (non-hydrogen) atoms. The zero-order valence-electron chi connectivity index (χ0n) is 17.6. The van der Waals surface area contributed by atoms with Crippen LogP contribution in [0.2, 0.25) is 0 Å². The highest BCUT2D eigenvalue weighted by Gasteiger charge is 2.41. The molecular formula is C22H26N4O4S. The van der Waals surface area contributed by atoms with Gasteiger partial charge in [0.2, 0.25) is 5.91 Å². The van der Waals surface area contributed by atoms with E-state index in [2.05, 4.69) is 9.97 Å². The molecule has 2 N–H and O–H groups in total. The van der Waals surface area contributed by atoms with E-state index in [1.807, 2.05) is 24.3 Å². The maximum absolute atomic E-state index is 12.7. The number of aryl methyl sites for hydroxylation is 2. The molecule has 1 saturated heterocycles. The molecule has 9 heteroatoms. The Balaban J connectivity index is 1.37. The molecule has 0 radical (unpaired) electrons. The van der Waals surface area contributed by atoms with Crippen molar-refractivity contribution >= 4 is 27.5 Å². The molecule has 2 atom stereocenters. The summed E-state index contributed by atoms with van der Waals surface area (Å²) in [6, 6.07) is 7.48. The number of hydrogen-bond acceptors (Lipinski definition) is 6. The minimum atomic E-state index is -1.28. The van der Waals surface area contributed by atoms with Crippen LogP contribution in [0.25, 0.3) is 10.2 Å². The monoisotopic (exact) mass is 442 g/mol. The summed E-state index contributed by atoms with van der Waals surface area (Å²) in [6.45, 7) is 3.84. The predicted molar refractivity (Wildman–Crippen MR) is 119 cm³/mol. The lowest BCUT2D eigenvalue weighted by molar-refractivity contribution is -0.140.